The van der Waals surface area contributed by atoms with Crippen LogP contribution in [0.3, 0.4) is 0 Å². The standard InChI is InChI=1S/C13H13NO6/c15-12(8-1-3-9(4-2-8)14(16)17)20-11-7-19-13-10(11)5-6-18-13/h1-4,10-11,13H,5-7H2/t10-,11+,13+/m0/s1. The molecular weight excluding hydrogens is 266 g/mol. The molecule has 0 aliphatic carbocycles. The Bertz CT molecular complexity index is 528. The predicted octanol–water partition coefficient (Wildman–Crippen LogP) is 1.51. The van der Waals surface area contributed by atoms with Crippen molar-refractivity contribution in [1.82, 2.24) is 0 Å². The summed E-state index contributed by atoms with van der Waals surface area (Å²) in [6, 6.07) is 5.34. The first-order valence-electron chi connectivity index (χ1n) is 6.34. The van der Waals surface area contributed by atoms with Crippen LogP contribution in [0, 0.1) is 16.0 Å². The maximum Gasteiger partial charge on any atom is 0.338 e. The molecule has 0 spiro atoms. The van der Waals surface area contributed by atoms with Gasteiger partial charge in [0.15, 0.2) is 6.29 Å². The van der Waals surface area contributed by atoms with Gasteiger partial charge in [-0.3, -0.25) is 10.1 Å². The Balaban J connectivity index is 1.65. The fourth-order valence-corrected chi connectivity index (χ4v) is 2.47. The van der Waals surface area contributed by atoms with Crippen molar-refractivity contribution in [3.8, 4) is 0 Å². The summed E-state index contributed by atoms with van der Waals surface area (Å²) in [6.45, 7) is 0.939. The summed E-state index contributed by atoms with van der Waals surface area (Å²) in [4.78, 5) is 22.0. The van der Waals surface area contributed by atoms with E-state index in [2.05, 4.69) is 0 Å². The van der Waals surface area contributed by atoms with Gasteiger partial charge in [-0.25, -0.2) is 4.79 Å². The van der Waals surface area contributed by atoms with Crippen molar-refractivity contribution in [2.45, 2.75) is 18.8 Å². The van der Waals surface area contributed by atoms with Crippen molar-refractivity contribution in [3.05, 3.63) is 39.9 Å². The highest BCUT2D eigenvalue weighted by Gasteiger charge is 2.43. The highest BCUT2D eigenvalue weighted by molar-refractivity contribution is 5.89. The minimum Gasteiger partial charge on any atom is -0.456 e. The minimum atomic E-state index is -0.514. The van der Waals surface area contributed by atoms with E-state index in [4.69, 9.17) is 14.2 Å². The Morgan fingerprint density at radius 2 is 2.05 bits per heavy atom. The lowest BCUT2D eigenvalue weighted by molar-refractivity contribution is -0.384. The van der Waals surface area contributed by atoms with Crippen molar-refractivity contribution in [3.63, 3.8) is 0 Å². The predicted molar refractivity (Wildman–Crippen MR) is 66.1 cm³/mol. The van der Waals surface area contributed by atoms with Crippen LogP contribution >= 0.6 is 0 Å². The second kappa shape index (κ2) is 5.18. The Labute approximate surface area is 114 Å². The number of benzene rings is 1. The van der Waals surface area contributed by atoms with E-state index in [-0.39, 0.29) is 29.6 Å². The summed E-state index contributed by atoms with van der Waals surface area (Å²) in [5.41, 5.74) is 0.230. The molecule has 2 aliphatic rings. The maximum atomic E-state index is 12.0. The van der Waals surface area contributed by atoms with Crippen molar-refractivity contribution < 1.29 is 23.9 Å². The summed E-state index contributed by atoms with van der Waals surface area (Å²) < 4.78 is 16.1. The molecule has 0 amide bonds. The molecule has 0 saturated carbocycles. The van der Waals surface area contributed by atoms with Crippen LogP contribution in [0.15, 0.2) is 24.3 Å². The van der Waals surface area contributed by atoms with Crippen LogP contribution in [0.1, 0.15) is 16.8 Å². The van der Waals surface area contributed by atoms with E-state index in [0.29, 0.717) is 13.2 Å². The quantitative estimate of drug-likeness (QED) is 0.473. The van der Waals surface area contributed by atoms with Crippen molar-refractivity contribution >= 4 is 11.7 Å². The molecule has 0 bridgehead atoms. The largest absolute Gasteiger partial charge is 0.456 e. The molecule has 1 aromatic carbocycles. The number of non-ortho nitro benzene ring substituents is 1. The average Bonchev–Trinajstić information content (AvgIpc) is 3.04. The van der Waals surface area contributed by atoms with Gasteiger partial charge >= 0.3 is 5.97 Å². The van der Waals surface area contributed by atoms with Crippen molar-refractivity contribution in [1.29, 1.82) is 0 Å². The normalized spacial score (nSPS) is 28.1. The molecule has 2 heterocycles. The van der Waals surface area contributed by atoms with Crippen molar-refractivity contribution in [2.75, 3.05) is 13.2 Å². The molecule has 0 unspecified atom stereocenters. The fourth-order valence-electron chi connectivity index (χ4n) is 2.47. The first kappa shape index (κ1) is 13.0. The molecule has 0 aromatic heterocycles. The molecule has 20 heavy (non-hydrogen) atoms. The van der Waals surface area contributed by atoms with Gasteiger partial charge in [0, 0.05) is 12.1 Å². The fraction of sp³-hybridized carbons (Fsp3) is 0.462. The molecule has 1 aromatic rings. The Morgan fingerprint density at radius 3 is 2.75 bits per heavy atom. The van der Waals surface area contributed by atoms with Crippen LogP contribution in [0.25, 0.3) is 0 Å². The number of carbonyl (C=O) groups is 1. The number of ether oxygens (including phenoxy) is 3. The molecule has 3 rings (SSSR count). The van der Waals surface area contributed by atoms with E-state index in [1.54, 1.807) is 0 Å². The highest BCUT2D eigenvalue weighted by atomic mass is 16.7. The first-order chi connectivity index (χ1) is 9.65. The third-order valence-electron chi connectivity index (χ3n) is 3.56. The van der Waals surface area contributed by atoms with Gasteiger partial charge in [0.2, 0.25) is 0 Å². The molecule has 2 aliphatic heterocycles. The van der Waals surface area contributed by atoms with E-state index in [1.165, 1.54) is 24.3 Å². The van der Waals surface area contributed by atoms with Gasteiger partial charge in [-0.15, -0.1) is 0 Å². The summed E-state index contributed by atoms with van der Waals surface area (Å²) in [6.07, 6.45) is 0.220. The molecule has 106 valence electrons. The zero-order chi connectivity index (χ0) is 14.1. The van der Waals surface area contributed by atoms with Gasteiger partial charge in [-0.2, -0.15) is 0 Å². The number of esters is 1. The molecule has 0 N–H and O–H groups in total. The third-order valence-corrected chi connectivity index (χ3v) is 3.56. The number of rotatable bonds is 3. The zero-order valence-corrected chi connectivity index (χ0v) is 10.6. The second-order valence-electron chi connectivity index (χ2n) is 4.77. The van der Waals surface area contributed by atoms with Crippen LogP contribution in [0.4, 0.5) is 5.69 Å². The van der Waals surface area contributed by atoms with Gasteiger partial charge in [-0.05, 0) is 18.6 Å². The smallest absolute Gasteiger partial charge is 0.338 e. The molecule has 3 atom stereocenters. The van der Waals surface area contributed by atoms with E-state index in [0.717, 1.165) is 6.42 Å². The monoisotopic (exact) mass is 279 g/mol. The number of nitrogens with zero attached hydrogens (tertiary/aromatic N) is 1. The molecule has 2 saturated heterocycles. The molecular formula is C13H13NO6. The number of hydrogen-bond acceptors (Lipinski definition) is 6. The van der Waals surface area contributed by atoms with Crippen LogP contribution in [-0.4, -0.2) is 36.5 Å². The lowest BCUT2D eigenvalue weighted by Crippen LogP contribution is -2.26. The van der Waals surface area contributed by atoms with Gasteiger partial charge in [0.1, 0.15) is 6.10 Å². The van der Waals surface area contributed by atoms with Crippen LogP contribution in [0.5, 0.6) is 0 Å². The highest BCUT2D eigenvalue weighted by Crippen LogP contribution is 2.33. The Hall–Kier alpha value is -1.99. The third kappa shape index (κ3) is 2.37. The maximum absolute atomic E-state index is 12.0. The second-order valence-corrected chi connectivity index (χ2v) is 4.77. The van der Waals surface area contributed by atoms with Crippen molar-refractivity contribution in [2.24, 2.45) is 5.92 Å². The molecule has 7 nitrogen and oxygen atoms in total. The van der Waals surface area contributed by atoms with Crippen LogP contribution < -0.4 is 0 Å². The SMILES string of the molecule is O=C(O[C@@H]1CO[C@H]2OCC[C@H]21)c1ccc([N+](=O)[O-])cc1. The van der Waals surface area contributed by atoms with E-state index in [9.17, 15) is 14.9 Å². The van der Waals surface area contributed by atoms with Gasteiger partial charge in [0.05, 0.1) is 29.6 Å². The summed E-state index contributed by atoms with van der Waals surface area (Å²) in [5.74, 6) is -0.418. The van der Waals surface area contributed by atoms with Crippen LogP contribution in [-0.2, 0) is 14.2 Å². The van der Waals surface area contributed by atoms with Gasteiger partial charge in [-0.1, -0.05) is 0 Å². The van der Waals surface area contributed by atoms with Gasteiger partial charge in [0.25, 0.3) is 5.69 Å². The topological polar surface area (TPSA) is 87.9 Å². The number of carbonyl (C=O) groups excluding carboxylic acids is 1. The summed E-state index contributed by atoms with van der Waals surface area (Å²) in [7, 11) is 0. The Morgan fingerprint density at radius 1 is 1.30 bits per heavy atom. The number of hydrogen-bond donors (Lipinski definition) is 0. The summed E-state index contributed by atoms with van der Waals surface area (Å²) in [5, 5.41) is 10.5. The number of nitro benzene ring substituents is 1. The molecule has 2 fully saturated rings. The number of nitro groups is 1. The first-order valence-corrected chi connectivity index (χ1v) is 6.34. The average molecular weight is 279 g/mol. The minimum absolute atomic E-state index is 0.0602. The van der Waals surface area contributed by atoms with E-state index < -0.39 is 10.9 Å². The summed E-state index contributed by atoms with van der Waals surface area (Å²) >= 11 is 0. The van der Waals surface area contributed by atoms with E-state index >= 15 is 0 Å². The Kier molecular flexibility index (Phi) is 3.37. The zero-order valence-electron chi connectivity index (χ0n) is 10.6. The van der Waals surface area contributed by atoms with Crippen LogP contribution in [0.2, 0.25) is 0 Å². The lowest BCUT2D eigenvalue weighted by atomic mass is 10.0. The van der Waals surface area contributed by atoms with E-state index in [1.807, 2.05) is 0 Å². The molecule has 7 heteroatoms. The van der Waals surface area contributed by atoms with Gasteiger partial charge < -0.3 is 14.2 Å². The molecule has 0 radical (unpaired) electrons. The number of fused-ring (bicyclic) bond motifs is 1. The lowest BCUT2D eigenvalue weighted by Gasteiger charge is -2.15.